The van der Waals surface area contributed by atoms with Crippen LogP contribution in [0, 0.1) is 6.92 Å². The van der Waals surface area contributed by atoms with E-state index in [2.05, 4.69) is 39.2 Å². The van der Waals surface area contributed by atoms with Crippen LogP contribution >= 0.6 is 0 Å². The average Bonchev–Trinajstić information content (AvgIpc) is 3.27. The second-order valence-electron chi connectivity index (χ2n) is 6.93. The van der Waals surface area contributed by atoms with Crippen molar-refractivity contribution in [1.82, 2.24) is 20.1 Å². The van der Waals surface area contributed by atoms with Crippen LogP contribution in [-0.4, -0.2) is 66.1 Å². The molecule has 1 atom stereocenters. The molecule has 2 aliphatic heterocycles. The summed E-state index contributed by atoms with van der Waals surface area (Å²) in [5.74, 6) is 1.08. The van der Waals surface area contributed by atoms with Crippen molar-refractivity contribution in [1.29, 1.82) is 0 Å². The Labute approximate surface area is 146 Å². The quantitative estimate of drug-likeness (QED) is 0.663. The predicted molar refractivity (Wildman–Crippen MR) is 99.4 cm³/mol. The SMILES string of the molecule is CCNC(=NCCc1ccc(C)nc1)N1CCC(N2CCCC2)C1. The van der Waals surface area contributed by atoms with Crippen LogP contribution < -0.4 is 5.32 Å². The van der Waals surface area contributed by atoms with Crippen molar-refractivity contribution in [3.8, 4) is 0 Å². The first-order valence-electron chi connectivity index (χ1n) is 9.45. The van der Waals surface area contributed by atoms with E-state index in [1.165, 1.54) is 37.9 Å². The third-order valence-electron chi connectivity index (χ3n) is 5.09. The summed E-state index contributed by atoms with van der Waals surface area (Å²) < 4.78 is 0. The van der Waals surface area contributed by atoms with Gasteiger partial charge >= 0.3 is 0 Å². The number of hydrogen-bond acceptors (Lipinski definition) is 3. The van der Waals surface area contributed by atoms with Gasteiger partial charge in [-0.1, -0.05) is 6.07 Å². The highest BCUT2D eigenvalue weighted by Crippen LogP contribution is 2.20. The molecule has 1 aromatic rings. The Hall–Kier alpha value is -1.62. The van der Waals surface area contributed by atoms with Gasteiger partial charge in [0.2, 0.25) is 0 Å². The van der Waals surface area contributed by atoms with E-state index >= 15 is 0 Å². The number of pyridine rings is 1. The molecule has 5 heteroatoms. The predicted octanol–water partition coefficient (Wildman–Crippen LogP) is 2.07. The molecule has 1 N–H and O–H groups in total. The van der Waals surface area contributed by atoms with Crippen LogP contribution in [0.3, 0.4) is 0 Å². The van der Waals surface area contributed by atoms with Gasteiger partial charge in [0, 0.05) is 44.1 Å². The van der Waals surface area contributed by atoms with Crippen LogP contribution in [0.2, 0.25) is 0 Å². The van der Waals surface area contributed by atoms with E-state index in [1.54, 1.807) is 0 Å². The van der Waals surface area contributed by atoms with E-state index in [4.69, 9.17) is 4.99 Å². The summed E-state index contributed by atoms with van der Waals surface area (Å²) in [5.41, 5.74) is 2.33. The highest BCUT2D eigenvalue weighted by Gasteiger charge is 2.30. The van der Waals surface area contributed by atoms with Crippen LogP contribution in [0.5, 0.6) is 0 Å². The van der Waals surface area contributed by atoms with Crippen molar-refractivity contribution < 1.29 is 0 Å². The lowest BCUT2D eigenvalue weighted by atomic mass is 10.2. The largest absolute Gasteiger partial charge is 0.357 e. The third-order valence-corrected chi connectivity index (χ3v) is 5.09. The number of aliphatic imine (C=N–C) groups is 1. The van der Waals surface area contributed by atoms with Crippen molar-refractivity contribution in [3.63, 3.8) is 0 Å². The maximum atomic E-state index is 4.86. The molecule has 0 bridgehead atoms. The van der Waals surface area contributed by atoms with Crippen molar-refractivity contribution in [2.24, 2.45) is 4.99 Å². The van der Waals surface area contributed by atoms with Gasteiger partial charge in [-0.25, -0.2) is 0 Å². The topological polar surface area (TPSA) is 43.8 Å². The summed E-state index contributed by atoms with van der Waals surface area (Å²) >= 11 is 0. The summed E-state index contributed by atoms with van der Waals surface area (Å²) in [6.45, 7) is 10.7. The van der Waals surface area contributed by atoms with E-state index in [9.17, 15) is 0 Å². The highest BCUT2D eigenvalue weighted by atomic mass is 15.3. The maximum absolute atomic E-state index is 4.86. The Morgan fingerprint density at radius 3 is 2.83 bits per heavy atom. The molecule has 3 rings (SSSR count). The second kappa shape index (κ2) is 8.47. The van der Waals surface area contributed by atoms with E-state index < -0.39 is 0 Å². The smallest absolute Gasteiger partial charge is 0.193 e. The fourth-order valence-corrected chi connectivity index (χ4v) is 3.70. The fraction of sp³-hybridized carbons (Fsp3) is 0.684. The van der Waals surface area contributed by atoms with E-state index in [0.717, 1.165) is 50.3 Å². The number of rotatable bonds is 5. The molecule has 2 fully saturated rings. The molecule has 0 radical (unpaired) electrons. The van der Waals surface area contributed by atoms with Gasteiger partial charge in [0.15, 0.2) is 5.96 Å². The first kappa shape index (κ1) is 17.2. The molecule has 5 nitrogen and oxygen atoms in total. The van der Waals surface area contributed by atoms with Gasteiger partial charge in [-0.05, 0) is 64.3 Å². The van der Waals surface area contributed by atoms with Gasteiger partial charge in [0.25, 0.3) is 0 Å². The molecule has 2 saturated heterocycles. The number of nitrogens with zero attached hydrogens (tertiary/aromatic N) is 4. The molecule has 0 saturated carbocycles. The number of nitrogens with one attached hydrogen (secondary N) is 1. The lowest BCUT2D eigenvalue weighted by Crippen LogP contribution is -2.42. The monoisotopic (exact) mass is 329 g/mol. The Bertz CT molecular complexity index is 533. The summed E-state index contributed by atoms with van der Waals surface area (Å²) in [7, 11) is 0. The molecule has 0 aliphatic carbocycles. The number of aryl methyl sites for hydroxylation is 1. The Morgan fingerprint density at radius 2 is 2.12 bits per heavy atom. The Morgan fingerprint density at radius 1 is 1.29 bits per heavy atom. The van der Waals surface area contributed by atoms with Crippen molar-refractivity contribution in [2.45, 2.75) is 45.6 Å². The Kier molecular flexibility index (Phi) is 6.07. The molecule has 2 aliphatic rings. The zero-order valence-electron chi connectivity index (χ0n) is 15.2. The molecule has 24 heavy (non-hydrogen) atoms. The van der Waals surface area contributed by atoms with Crippen LogP contribution in [0.15, 0.2) is 23.3 Å². The molecular weight excluding hydrogens is 298 g/mol. The lowest BCUT2D eigenvalue weighted by molar-refractivity contribution is 0.249. The van der Waals surface area contributed by atoms with Gasteiger partial charge in [-0.15, -0.1) is 0 Å². The van der Waals surface area contributed by atoms with E-state index in [0.29, 0.717) is 0 Å². The standard InChI is InChI=1S/C19H31N5/c1-3-20-19(21-10-8-17-7-6-16(2)22-14-17)24-13-9-18(15-24)23-11-4-5-12-23/h6-7,14,18H,3-5,8-13,15H2,1-2H3,(H,20,21). The molecule has 132 valence electrons. The average molecular weight is 329 g/mol. The van der Waals surface area contributed by atoms with E-state index in [-0.39, 0.29) is 0 Å². The summed E-state index contributed by atoms with van der Waals surface area (Å²) in [6.07, 6.45) is 6.93. The van der Waals surface area contributed by atoms with Gasteiger partial charge in [-0.3, -0.25) is 14.9 Å². The minimum atomic E-state index is 0.720. The minimum Gasteiger partial charge on any atom is -0.357 e. The third kappa shape index (κ3) is 4.47. The second-order valence-corrected chi connectivity index (χ2v) is 6.93. The van der Waals surface area contributed by atoms with Crippen LogP contribution in [0.25, 0.3) is 0 Å². The van der Waals surface area contributed by atoms with Gasteiger partial charge in [-0.2, -0.15) is 0 Å². The molecule has 3 heterocycles. The van der Waals surface area contributed by atoms with Gasteiger partial charge in [0.1, 0.15) is 0 Å². The molecular formula is C19H31N5. The minimum absolute atomic E-state index is 0.720. The zero-order valence-corrected chi connectivity index (χ0v) is 15.2. The normalized spacial score (nSPS) is 22.3. The molecule has 1 aromatic heterocycles. The van der Waals surface area contributed by atoms with Crippen molar-refractivity contribution >= 4 is 5.96 Å². The first-order chi connectivity index (χ1) is 11.8. The zero-order chi connectivity index (χ0) is 16.8. The van der Waals surface area contributed by atoms with E-state index in [1.807, 2.05) is 13.1 Å². The summed E-state index contributed by atoms with van der Waals surface area (Å²) in [6, 6.07) is 4.95. The van der Waals surface area contributed by atoms with Crippen molar-refractivity contribution in [3.05, 3.63) is 29.6 Å². The van der Waals surface area contributed by atoms with Crippen LogP contribution in [-0.2, 0) is 6.42 Å². The van der Waals surface area contributed by atoms with Crippen LogP contribution in [0.1, 0.15) is 37.4 Å². The Balaban J connectivity index is 1.54. The molecule has 1 unspecified atom stereocenters. The number of likely N-dealkylation sites (tertiary alicyclic amines) is 2. The highest BCUT2D eigenvalue weighted by molar-refractivity contribution is 5.80. The molecule has 0 amide bonds. The maximum Gasteiger partial charge on any atom is 0.193 e. The molecule has 0 spiro atoms. The first-order valence-corrected chi connectivity index (χ1v) is 9.45. The lowest BCUT2D eigenvalue weighted by Gasteiger charge is -2.25. The molecule has 0 aromatic carbocycles. The van der Waals surface area contributed by atoms with Crippen molar-refractivity contribution in [2.75, 3.05) is 39.3 Å². The number of hydrogen-bond donors (Lipinski definition) is 1. The van der Waals surface area contributed by atoms with Crippen LogP contribution in [0.4, 0.5) is 0 Å². The fourth-order valence-electron chi connectivity index (χ4n) is 3.70. The number of guanidine groups is 1. The summed E-state index contributed by atoms with van der Waals surface area (Å²) in [5, 5.41) is 3.47. The summed E-state index contributed by atoms with van der Waals surface area (Å²) in [4.78, 5) is 14.3. The van der Waals surface area contributed by atoms with Gasteiger partial charge in [0.05, 0.1) is 0 Å². The van der Waals surface area contributed by atoms with Gasteiger partial charge < -0.3 is 10.2 Å². The number of aromatic nitrogens is 1.